The van der Waals surface area contributed by atoms with Crippen LogP contribution in [0.15, 0.2) is 12.1 Å². The lowest BCUT2D eigenvalue weighted by molar-refractivity contribution is -0.123. The molecule has 0 fully saturated rings. The first-order valence-corrected chi connectivity index (χ1v) is 5.48. The molecule has 0 heterocycles. The quantitative estimate of drug-likeness (QED) is 0.756. The van der Waals surface area contributed by atoms with Crippen molar-refractivity contribution < 1.29 is 9.59 Å². The highest BCUT2D eigenvalue weighted by molar-refractivity contribution is 5.95. The molecular formula is C13H18N2O2. The first kappa shape index (κ1) is 13.2. The summed E-state index contributed by atoms with van der Waals surface area (Å²) >= 11 is 0. The highest BCUT2D eigenvalue weighted by Gasteiger charge is 2.17. The summed E-state index contributed by atoms with van der Waals surface area (Å²) in [5, 5.41) is 1.30. The minimum atomic E-state index is -0.264. The van der Waals surface area contributed by atoms with Crippen molar-refractivity contribution in [1.29, 1.82) is 0 Å². The van der Waals surface area contributed by atoms with Gasteiger partial charge < -0.3 is 0 Å². The minimum Gasteiger partial charge on any atom is -0.274 e. The van der Waals surface area contributed by atoms with Gasteiger partial charge in [-0.15, -0.1) is 0 Å². The highest BCUT2D eigenvalue weighted by atomic mass is 16.2. The Hall–Kier alpha value is -1.84. The second-order valence-corrected chi connectivity index (χ2v) is 4.27. The van der Waals surface area contributed by atoms with Crippen LogP contribution in [0.1, 0.15) is 30.5 Å². The van der Waals surface area contributed by atoms with Crippen molar-refractivity contribution in [1.82, 2.24) is 5.43 Å². The number of nitrogens with zero attached hydrogens (tertiary/aromatic N) is 1. The number of anilines is 1. The van der Waals surface area contributed by atoms with Crippen LogP contribution in [-0.2, 0) is 9.59 Å². The fourth-order valence-corrected chi connectivity index (χ4v) is 1.97. The normalized spacial score (nSPS) is 9.94. The summed E-state index contributed by atoms with van der Waals surface area (Å²) in [6, 6.07) is 3.97. The van der Waals surface area contributed by atoms with Crippen LogP contribution < -0.4 is 10.4 Å². The fourth-order valence-electron chi connectivity index (χ4n) is 1.97. The number of benzene rings is 1. The largest absolute Gasteiger partial charge is 0.274 e. The first-order chi connectivity index (χ1) is 7.82. The Morgan fingerprint density at radius 3 is 1.88 bits per heavy atom. The molecule has 0 unspecified atom stereocenters. The molecule has 4 nitrogen and oxygen atoms in total. The van der Waals surface area contributed by atoms with Crippen molar-refractivity contribution in [2.75, 3.05) is 5.01 Å². The molecule has 0 saturated heterocycles. The second-order valence-electron chi connectivity index (χ2n) is 4.27. The van der Waals surface area contributed by atoms with Gasteiger partial charge in [-0.3, -0.25) is 15.0 Å². The number of carbonyl (C=O) groups is 2. The van der Waals surface area contributed by atoms with Gasteiger partial charge in [0, 0.05) is 13.8 Å². The Kier molecular flexibility index (Phi) is 3.89. The molecule has 92 valence electrons. The van der Waals surface area contributed by atoms with E-state index < -0.39 is 0 Å². The van der Waals surface area contributed by atoms with Crippen molar-refractivity contribution in [2.45, 2.75) is 34.6 Å². The molecule has 1 rings (SSSR count). The Morgan fingerprint density at radius 1 is 1.06 bits per heavy atom. The Balaban J connectivity index is 3.28. The van der Waals surface area contributed by atoms with Gasteiger partial charge in [0.2, 0.25) is 11.8 Å². The second kappa shape index (κ2) is 4.99. The molecule has 0 radical (unpaired) electrons. The molecule has 2 amide bonds. The van der Waals surface area contributed by atoms with E-state index in [2.05, 4.69) is 5.43 Å². The first-order valence-electron chi connectivity index (χ1n) is 5.48. The molecule has 0 aliphatic carbocycles. The van der Waals surface area contributed by atoms with E-state index in [-0.39, 0.29) is 11.8 Å². The Morgan fingerprint density at radius 2 is 1.53 bits per heavy atom. The van der Waals surface area contributed by atoms with Crippen molar-refractivity contribution >= 4 is 17.5 Å². The molecule has 0 aliphatic rings. The van der Waals surface area contributed by atoms with Gasteiger partial charge in [-0.25, -0.2) is 5.01 Å². The number of hydrogen-bond donors (Lipinski definition) is 1. The lowest BCUT2D eigenvalue weighted by Gasteiger charge is -2.25. The van der Waals surface area contributed by atoms with Gasteiger partial charge in [0.1, 0.15) is 0 Å². The number of hydrogen-bond acceptors (Lipinski definition) is 2. The Bertz CT molecular complexity index is 443. The predicted octanol–water partition coefficient (Wildman–Crippen LogP) is 2.02. The summed E-state index contributed by atoms with van der Waals surface area (Å²) in [5.41, 5.74) is 6.35. The van der Waals surface area contributed by atoms with Crippen molar-refractivity contribution in [3.63, 3.8) is 0 Å². The van der Waals surface area contributed by atoms with E-state index in [9.17, 15) is 9.59 Å². The van der Waals surface area contributed by atoms with Gasteiger partial charge in [0.25, 0.3) is 0 Å². The average molecular weight is 234 g/mol. The monoisotopic (exact) mass is 234 g/mol. The third-order valence-corrected chi connectivity index (χ3v) is 2.44. The standard InChI is InChI=1S/C13H18N2O2/c1-8-6-9(2)13(10(3)7-8)15(12(5)17)14-11(4)16/h6-7H,1-5H3,(H,14,16). The maximum Gasteiger partial charge on any atom is 0.242 e. The van der Waals surface area contributed by atoms with E-state index in [1.807, 2.05) is 32.9 Å². The molecule has 0 aromatic heterocycles. The van der Waals surface area contributed by atoms with Gasteiger partial charge in [-0.1, -0.05) is 17.7 Å². The number of amides is 2. The molecule has 0 atom stereocenters. The molecular weight excluding hydrogens is 216 g/mol. The third-order valence-electron chi connectivity index (χ3n) is 2.44. The summed E-state index contributed by atoms with van der Waals surface area (Å²) in [6.45, 7) is 8.66. The summed E-state index contributed by atoms with van der Waals surface area (Å²) in [6.07, 6.45) is 0. The molecule has 17 heavy (non-hydrogen) atoms. The van der Waals surface area contributed by atoms with E-state index in [0.29, 0.717) is 0 Å². The summed E-state index contributed by atoms with van der Waals surface area (Å²) < 4.78 is 0. The average Bonchev–Trinajstić information content (AvgIpc) is 2.13. The minimum absolute atomic E-state index is 0.213. The number of rotatable bonds is 1. The zero-order valence-electron chi connectivity index (χ0n) is 10.9. The molecule has 0 bridgehead atoms. The molecule has 0 saturated carbocycles. The van der Waals surface area contributed by atoms with Gasteiger partial charge in [0.15, 0.2) is 0 Å². The number of carbonyl (C=O) groups excluding carboxylic acids is 2. The van der Waals surface area contributed by atoms with Crippen LogP contribution in [-0.4, -0.2) is 11.8 Å². The smallest absolute Gasteiger partial charge is 0.242 e. The fraction of sp³-hybridized carbons (Fsp3) is 0.385. The van der Waals surface area contributed by atoms with Crippen LogP contribution in [0, 0.1) is 20.8 Å². The van der Waals surface area contributed by atoms with Gasteiger partial charge in [-0.2, -0.15) is 0 Å². The topological polar surface area (TPSA) is 49.4 Å². The lowest BCUT2D eigenvalue weighted by atomic mass is 10.0. The van der Waals surface area contributed by atoms with Crippen molar-refractivity contribution in [3.8, 4) is 0 Å². The number of aryl methyl sites for hydroxylation is 3. The lowest BCUT2D eigenvalue weighted by Crippen LogP contribution is -2.45. The van der Waals surface area contributed by atoms with Crippen LogP contribution in [0.4, 0.5) is 5.69 Å². The van der Waals surface area contributed by atoms with Crippen molar-refractivity contribution in [3.05, 3.63) is 28.8 Å². The zero-order chi connectivity index (χ0) is 13.2. The molecule has 1 aromatic carbocycles. The van der Waals surface area contributed by atoms with E-state index >= 15 is 0 Å². The molecule has 4 heteroatoms. The predicted molar refractivity (Wildman–Crippen MR) is 67.6 cm³/mol. The molecule has 1 N–H and O–H groups in total. The maximum atomic E-state index is 11.6. The third kappa shape index (κ3) is 3.06. The maximum absolute atomic E-state index is 11.6. The zero-order valence-corrected chi connectivity index (χ0v) is 10.9. The van der Waals surface area contributed by atoms with Crippen LogP contribution in [0.25, 0.3) is 0 Å². The van der Waals surface area contributed by atoms with Crippen molar-refractivity contribution in [2.24, 2.45) is 0 Å². The van der Waals surface area contributed by atoms with Crippen LogP contribution >= 0.6 is 0 Å². The van der Waals surface area contributed by atoms with Crippen LogP contribution in [0.5, 0.6) is 0 Å². The van der Waals surface area contributed by atoms with Crippen LogP contribution in [0.2, 0.25) is 0 Å². The highest BCUT2D eigenvalue weighted by Crippen LogP contribution is 2.25. The van der Waals surface area contributed by atoms with Gasteiger partial charge in [-0.05, 0) is 31.9 Å². The van der Waals surface area contributed by atoms with E-state index in [4.69, 9.17) is 0 Å². The van der Waals surface area contributed by atoms with Crippen LogP contribution in [0.3, 0.4) is 0 Å². The van der Waals surface area contributed by atoms with E-state index in [1.165, 1.54) is 18.9 Å². The summed E-state index contributed by atoms with van der Waals surface area (Å²) in [5.74, 6) is -0.477. The van der Waals surface area contributed by atoms with E-state index in [1.54, 1.807) is 0 Å². The summed E-state index contributed by atoms with van der Waals surface area (Å²) in [4.78, 5) is 22.7. The number of hydrazine groups is 1. The van der Waals surface area contributed by atoms with Gasteiger partial charge in [0.05, 0.1) is 5.69 Å². The van der Waals surface area contributed by atoms with E-state index in [0.717, 1.165) is 22.4 Å². The molecule has 1 aromatic rings. The summed E-state index contributed by atoms with van der Waals surface area (Å²) in [7, 11) is 0. The SMILES string of the molecule is CC(=O)NN(C(C)=O)c1c(C)cc(C)cc1C. The Labute approximate surface area is 102 Å². The van der Waals surface area contributed by atoms with Gasteiger partial charge >= 0.3 is 0 Å². The number of nitrogens with one attached hydrogen (secondary N) is 1. The molecule has 0 spiro atoms. The molecule has 0 aliphatic heterocycles.